The van der Waals surface area contributed by atoms with E-state index in [1.54, 1.807) is 0 Å². The van der Waals surface area contributed by atoms with Crippen LogP contribution in [-0.4, -0.2) is 0 Å². The Kier molecular flexibility index (Phi) is 19.0. The van der Waals surface area contributed by atoms with Crippen LogP contribution < -0.4 is 11.5 Å². The second-order valence-corrected chi connectivity index (χ2v) is 15.7. The Morgan fingerprint density at radius 1 is 0.346 bits per heavy atom. The number of nitrogens with two attached hydrogens (primary N) is 2. The quantitative estimate of drug-likeness (QED) is 0.0506. The summed E-state index contributed by atoms with van der Waals surface area (Å²) >= 11 is 0. The molecule has 2 nitrogen and oxygen atoms in total. The fraction of sp³-hybridized carbons (Fsp3) is 0.520. The van der Waals surface area contributed by atoms with Crippen LogP contribution in [-0.2, 0) is 6.42 Å². The first-order chi connectivity index (χ1) is 25.5. The zero-order valence-corrected chi connectivity index (χ0v) is 33.3. The van der Waals surface area contributed by atoms with Gasteiger partial charge in [-0.15, -0.1) is 0 Å². The third kappa shape index (κ3) is 14.1. The van der Waals surface area contributed by atoms with E-state index in [2.05, 4.69) is 118 Å². The summed E-state index contributed by atoms with van der Waals surface area (Å²) in [7, 11) is 0. The number of anilines is 2. The lowest BCUT2D eigenvalue weighted by atomic mass is 9.83. The summed E-state index contributed by atoms with van der Waals surface area (Å²) in [4.78, 5) is 0. The number of unbranched alkanes of at least 4 members (excludes halogenated alkanes) is 13. The Balaban J connectivity index is 1.44. The molecular weight excluding hydrogens is 629 g/mol. The fourth-order valence-electron chi connectivity index (χ4n) is 8.13. The van der Waals surface area contributed by atoms with Gasteiger partial charge in [-0.1, -0.05) is 196 Å². The van der Waals surface area contributed by atoms with Crippen LogP contribution in [0.15, 0.2) is 97.1 Å². The van der Waals surface area contributed by atoms with Crippen molar-refractivity contribution in [2.24, 2.45) is 0 Å². The number of hydrogen-bond acceptors (Lipinski definition) is 2. The molecule has 282 valence electrons. The van der Waals surface area contributed by atoms with Crippen LogP contribution in [0.2, 0.25) is 0 Å². The van der Waals surface area contributed by atoms with Crippen LogP contribution in [0.5, 0.6) is 0 Å². The monoisotopic (exact) mass is 701 g/mol. The van der Waals surface area contributed by atoms with Crippen LogP contribution in [0, 0.1) is 0 Å². The molecular formula is C50H72N2. The molecule has 0 spiro atoms. The molecule has 0 bridgehead atoms. The molecule has 3 atom stereocenters. The standard InChI is InChI=1S/C50H72N2/c1-4-7-10-12-14-16-18-21-49(44-31-35-47(51)36-32-44)42-25-23-40(24-26-42)39-46(20-9-6-3)41-27-29-43(30-28-41)50(45-33-37-48(52)38-34-45)22-19-17-15-13-11-8-5-2/h23-38,46,49-50H,4-22,39,51-52H2,1-3H3. The molecule has 4 rings (SSSR count). The van der Waals surface area contributed by atoms with E-state index in [1.807, 2.05) is 0 Å². The Labute approximate surface area is 319 Å². The van der Waals surface area contributed by atoms with Gasteiger partial charge in [0, 0.05) is 23.2 Å². The summed E-state index contributed by atoms with van der Waals surface area (Å²) in [6, 6.07) is 36.7. The molecule has 4 aromatic carbocycles. The molecule has 0 amide bonds. The predicted molar refractivity (Wildman–Crippen MR) is 229 cm³/mol. The number of hydrogen-bond donors (Lipinski definition) is 2. The Morgan fingerprint density at radius 2 is 0.673 bits per heavy atom. The first-order valence-electron chi connectivity index (χ1n) is 21.4. The highest BCUT2D eigenvalue weighted by Gasteiger charge is 2.18. The lowest BCUT2D eigenvalue weighted by Gasteiger charge is -2.22. The summed E-state index contributed by atoms with van der Waals surface area (Å²) in [5, 5.41) is 0. The highest BCUT2D eigenvalue weighted by Crippen LogP contribution is 2.35. The van der Waals surface area contributed by atoms with Gasteiger partial charge in [-0.2, -0.15) is 0 Å². The molecule has 0 aliphatic rings. The first kappa shape index (κ1) is 41.2. The molecule has 0 aliphatic heterocycles. The topological polar surface area (TPSA) is 52.0 Å². The smallest absolute Gasteiger partial charge is 0.0314 e. The zero-order valence-electron chi connectivity index (χ0n) is 33.3. The van der Waals surface area contributed by atoms with Gasteiger partial charge in [-0.05, 0) is 89.2 Å². The van der Waals surface area contributed by atoms with Crippen LogP contribution in [0.3, 0.4) is 0 Å². The van der Waals surface area contributed by atoms with E-state index in [9.17, 15) is 0 Å². The lowest BCUT2D eigenvalue weighted by Crippen LogP contribution is -2.06. The van der Waals surface area contributed by atoms with Crippen molar-refractivity contribution in [2.45, 2.75) is 167 Å². The normalized spacial score (nSPS) is 13.2. The average Bonchev–Trinajstić information content (AvgIpc) is 3.17. The Morgan fingerprint density at radius 3 is 1.08 bits per heavy atom. The number of nitrogen functional groups attached to an aromatic ring is 2. The molecule has 0 heterocycles. The van der Waals surface area contributed by atoms with Crippen LogP contribution in [0.4, 0.5) is 11.4 Å². The highest BCUT2D eigenvalue weighted by molar-refractivity contribution is 5.44. The van der Waals surface area contributed by atoms with E-state index in [1.165, 1.54) is 155 Å². The number of benzene rings is 4. The molecule has 0 aromatic heterocycles. The first-order valence-corrected chi connectivity index (χ1v) is 21.4. The molecule has 0 saturated carbocycles. The minimum atomic E-state index is 0.419. The minimum absolute atomic E-state index is 0.419. The maximum atomic E-state index is 6.09. The summed E-state index contributed by atoms with van der Waals surface area (Å²) in [5.74, 6) is 1.37. The van der Waals surface area contributed by atoms with Crippen LogP contribution in [0.1, 0.15) is 194 Å². The van der Waals surface area contributed by atoms with Gasteiger partial charge >= 0.3 is 0 Å². The lowest BCUT2D eigenvalue weighted by molar-refractivity contribution is 0.558. The molecule has 0 fully saturated rings. The van der Waals surface area contributed by atoms with E-state index in [0.717, 1.165) is 17.8 Å². The SMILES string of the molecule is CCCCCCCCCC(c1ccc(N)cc1)c1ccc(CC(CCCC)c2ccc(C(CCCCCCCCC)c3ccc(N)cc3)cc2)cc1. The molecule has 2 heteroatoms. The molecule has 4 aromatic rings. The van der Waals surface area contributed by atoms with E-state index in [0.29, 0.717) is 17.8 Å². The molecule has 4 N–H and O–H groups in total. The maximum Gasteiger partial charge on any atom is 0.0314 e. The fourth-order valence-corrected chi connectivity index (χ4v) is 8.13. The van der Waals surface area contributed by atoms with Gasteiger partial charge in [0.2, 0.25) is 0 Å². The van der Waals surface area contributed by atoms with Crippen molar-refractivity contribution in [1.82, 2.24) is 0 Å². The van der Waals surface area contributed by atoms with Crippen molar-refractivity contribution in [3.8, 4) is 0 Å². The van der Waals surface area contributed by atoms with Crippen molar-refractivity contribution >= 4 is 11.4 Å². The zero-order chi connectivity index (χ0) is 36.8. The second kappa shape index (κ2) is 23.9. The minimum Gasteiger partial charge on any atom is -0.399 e. The average molecular weight is 701 g/mol. The summed E-state index contributed by atoms with van der Waals surface area (Å²) in [6.07, 6.45) is 26.0. The summed E-state index contributed by atoms with van der Waals surface area (Å²) < 4.78 is 0. The van der Waals surface area contributed by atoms with E-state index >= 15 is 0 Å². The highest BCUT2D eigenvalue weighted by atomic mass is 14.5. The summed E-state index contributed by atoms with van der Waals surface area (Å²) in [6.45, 7) is 6.91. The molecule has 52 heavy (non-hydrogen) atoms. The van der Waals surface area contributed by atoms with Crippen molar-refractivity contribution in [1.29, 1.82) is 0 Å². The van der Waals surface area contributed by atoms with Crippen molar-refractivity contribution < 1.29 is 0 Å². The number of rotatable bonds is 26. The third-order valence-electron chi connectivity index (χ3n) is 11.5. The van der Waals surface area contributed by atoms with Crippen LogP contribution >= 0.6 is 0 Å². The van der Waals surface area contributed by atoms with Crippen molar-refractivity contribution in [3.05, 3.63) is 130 Å². The molecule has 0 saturated heterocycles. The van der Waals surface area contributed by atoms with Crippen molar-refractivity contribution in [3.63, 3.8) is 0 Å². The molecule has 3 unspecified atom stereocenters. The van der Waals surface area contributed by atoms with Gasteiger partial charge in [0.1, 0.15) is 0 Å². The van der Waals surface area contributed by atoms with Crippen molar-refractivity contribution in [2.75, 3.05) is 11.5 Å². The van der Waals surface area contributed by atoms with Gasteiger partial charge < -0.3 is 11.5 Å². The predicted octanol–water partition coefficient (Wildman–Crippen LogP) is 14.9. The van der Waals surface area contributed by atoms with E-state index in [4.69, 9.17) is 11.5 Å². The van der Waals surface area contributed by atoms with Gasteiger partial charge in [0.05, 0.1) is 0 Å². The molecule has 0 radical (unpaired) electrons. The largest absolute Gasteiger partial charge is 0.399 e. The maximum absolute atomic E-state index is 6.09. The Hall–Kier alpha value is -3.52. The summed E-state index contributed by atoms with van der Waals surface area (Å²) in [5.41, 5.74) is 22.4. The van der Waals surface area contributed by atoms with Gasteiger partial charge in [0.15, 0.2) is 0 Å². The van der Waals surface area contributed by atoms with Gasteiger partial charge in [-0.25, -0.2) is 0 Å². The van der Waals surface area contributed by atoms with Crippen LogP contribution in [0.25, 0.3) is 0 Å². The van der Waals surface area contributed by atoms with E-state index in [-0.39, 0.29) is 0 Å². The molecule has 0 aliphatic carbocycles. The third-order valence-corrected chi connectivity index (χ3v) is 11.5. The van der Waals surface area contributed by atoms with Gasteiger partial charge in [0.25, 0.3) is 0 Å². The van der Waals surface area contributed by atoms with E-state index < -0.39 is 0 Å². The Bertz CT molecular complexity index is 1470. The second-order valence-electron chi connectivity index (χ2n) is 15.7. The van der Waals surface area contributed by atoms with Gasteiger partial charge in [-0.3, -0.25) is 0 Å².